The Kier molecular flexibility index (Phi) is 5.98. The largest absolute Gasteiger partial charge is 0.342 e. The van der Waals surface area contributed by atoms with E-state index in [9.17, 15) is 18.0 Å². The number of nitrogens with zero attached hydrogens (tertiary/aromatic N) is 3. The standard InChI is InChI=1S/C22H28N4O4S/c1-15-5-7-16(8-6-15)12-20(27)25-10-3-4-17(13-25)21-23-19-9-11-26(31(2,29)30)14-18(19)22(28)24-21/h5-8,17H,3-4,9-14H2,1-2H3,(H,23,24,28)/t17-/m0/s1. The fourth-order valence-corrected chi connectivity index (χ4v) is 5.10. The third-order valence-electron chi connectivity index (χ3n) is 6.16. The van der Waals surface area contributed by atoms with Gasteiger partial charge in [0.2, 0.25) is 15.9 Å². The highest BCUT2D eigenvalue weighted by Crippen LogP contribution is 2.26. The number of amides is 1. The number of fused-ring (bicyclic) bond motifs is 1. The number of H-pyrrole nitrogens is 1. The zero-order valence-corrected chi connectivity index (χ0v) is 18.7. The zero-order valence-electron chi connectivity index (χ0n) is 17.9. The molecule has 166 valence electrons. The summed E-state index contributed by atoms with van der Waals surface area (Å²) in [5.41, 5.74) is 2.96. The van der Waals surface area contributed by atoms with E-state index in [0.29, 0.717) is 49.6 Å². The zero-order chi connectivity index (χ0) is 22.2. The van der Waals surface area contributed by atoms with E-state index < -0.39 is 10.0 Å². The van der Waals surface area contributed by atoms with Crippen LogP contribution in [-0.4, -0.2) is 59.4 Å². The maximum atomic E-state index is 12.8. The lowest BCUT2D eigenvalue weighted by atomic mass is 9.96. The van der Waals surface area contributed by atoms with Crippen molar-refractivity contribution < 1.29 is 13.2 Å². The van der Waals surface area contributed by atoms with Crippen LogP contribution in [0.25, 0.3) is 0 Å². The molecule has 8 nitrogen and oxygen atoms in total. The second-order valence-corrected chi connectivity index (χ2v) is 10.5. The number of benzene rings is 1. The van der Waals surface area contributed by atoms with Crippen molar-refractivity contribution in [3.05, 3.63) is 62.8 Å². The highest BCUT2D eigenvalue weighted by atomic mass is 32.2. The van der Waals surface area contributed by atoms with E-state index in [1.807, 2.05) is 36.1 Å². The second kappa shape index (κ2) is 8.55. The molecule has 0 bridgehead atoms. The van der Waals surface area contributed by atoms with Gasteiger partial charge in [-0.2, -0.15) is 4.31 Å². The first-order valence-corrected chi connectivity index (χ1v) is 12.5. The highest BCUT2D eigenvalue weighted by molar-refractivity contribution is 7.88. The fraction of sp³-hybridized carbons (Fsp3) is 0.500. The van der Waals surface area contributed by atoms with Crippen LogP contribution >= 0.6 is 0 Å². The minimum atomic E-state index is -3.35. The molecule has 1 amide bonds. The molecule has 1 saturated heterocycles. The van der Waals surface area contributed by atoms with Crippen LogP contribution in [0.5, 0.6) is 0 Å². The summed E-state index contributed by atoms with van der Waals surface area (Å²) in [6.07, 6.45) is 3.64. The van der Waals surface area contributed by atoms with E-state index in [1.54, 1.807) is 0 Å². The fourth-order valence-electron chi connectivity index (χ4n) is 4.32. The van der Waals surface area contributed by atoms with Gasteiger partial charge in [0.1, 0.15) is 5.82 Å². The number of carbonyl (C=O) groups is 1. The summed E-state index contributed by atoms with van der Waals surface area (Å²) in [4.78, 5) is 34.9. The first kappa shape index (κ1) is 21.7. The van der Waals surface area contributed by atoms with Gasteiger partial charge in [-0.1, -0.05) is 29.8 Å². The van der Waals surface area contributed by atoms with Gasteiger partial charge in [-0.05, 0) is 25.3 Å². The number of aryl methyl sites for hydroxylation is 1. The van der Waals surface area contributed by atoms with Gasteiger partial charge in [-0.15, -0.1) is 0 Å². The Balaban J connectivity index is 1.48. The number of hydrogen-bond donors (Lipinski definition) is 1. The Bertz CT molecular complexity index is 1140. The number of aromatic amines is 1. The van der Waals surface area contributed by atoms with Crippen LogP contribution in [0.3, 0.4) is 0 Å². The maximum Gasteiger partial charge on any atom is 0.255 e. The summed E-state index contributed by atoms with van der Waals surface area (Å²) in [7, 11) is -3.35. The summed E-state index contributed by atoms with van der Waals surface area (Å²) in [6, 6.07) is 7.98. The Morgan fingerprint density at radius 3 is 2.68 bits per heavy atom. The molecule has 0 radical (unpaired) electrons. The van der Waals surface area contributed by atoms with Gasteiger partial charge < -0.3 is 9.88 Å². The van der Waals surface area contributed by atoms with Crippen LogP contribution in [0.4, 0.5) is 0 Å². The summed E-state index contributed by atoms with van der Waals surface area (Å²) in [6.45, 7) is 3.64. The van der Waals surface area contributed by atoms with E-state index in [1.165, 1.54) is 4.31 Å². The quantitative estimate of drug-likeness (QED) is 0.767. The number of piperidine rings is 1. The van der Waals surface area contributed by atoms with E-state index >= 15 is 0 Å². The van der Waals surface area contributed by atoms with Crippen molar-refractivity contribution in [3.8, 4) is 0 Å². The van der Waals surface area contributed by atoms with E-state index in [-0.39, 0.29) is 23.9 Å². The maximum absolute atomic E-state index is 12.8. The van der Waals surface area contributed by atoms with Crippen molar-refractivity contribution in [2.45, 2.75) is 45.1 Å². The number of nitrogens with one attached hydrogen (secondary N) is 1. The molecule has 2 aliphatic heterocycles. The van der Waals surface area contributed by atoms with Gasteiger partial charge in [0, 0.05) is 38.5 Å². The van der Waals surface area contributed by atoms with Crippen LogP contribution in [0, 0.1) is 6.92 Å². The van der Waals surface area contributed by atoms with Crippen molar-refractivity contribution >= 4 is 15.9 Å². The third kappa shape index (κ3) is 4.88. The first-order valence-electron chi connectivity index (χ1n) is 10.6. The van der Waals surface area contributed by atoms with Crippen LogP contribution in [0.2, 0.25) is 0 Å². The number of carbonyl (C=O) groups excluding carboxylic acids is 1. The molecule has 0 unspecified atom stereocenters. The van der Waals surface area contributed by atoms with Crippen molar-refractivity contribution in [3.63, 3.8) is 0 Å². The molecule has 1 N–H and O–H groups in total. The molecule has 9 heteroatoms. The topological polar surface area (TPSA) is 103 Å². The van der Waals surface area contributed by atoms with Gasteiger partial charge >= 0.3 is 0 Å². The molecule has 2 aliphatic rings. The summed E-state index contributed by atoms with van der Waals surface area (Å²) >= 11 is 0. The molecule has 2 aromatic rings. The molecular formula is C22H28N4O4S. The van der Waals surface area contributed by atoms with Crippen molar-refractivity contribution in [1.29, 1.82) is 0 Å². The number of aromatic nitrogens is 2. The number of sulfonamides is 1. The van der Waals surface area contributed by atoms with Crippen LogP contribution < -0.4 is 5.56 Å². The molecule has 0 spiro atoms. The third-order valence-corrected chi connectivity index (χ3v) is 7.41. The first-order chi connectivity index (χ1) is 14.7. The molecule has 1 fully saturated rings. The van der Waals surface area contributed by atoms with Gasteiger partial charge in [-0.3, -0.25) is 9.59 Å². The predicted octanol–water partition coefficient (Wildman–Crippen LogP) is 1.34. The van der Waals surface area contributed by atoms with Crippen molar-refractivity contribution in [2.75, 3.05) is 25.9 Å². The molecule has 0 saturated carbocycles. The van der Waals surface area contributed by atoms with Crippen LogP contribution in [0.15, 0.2) is 29.1 Å². The molecule has 1 atom stereocenters. The van der Waals surface area contributed by atoms with Crippen molar-refractivity contribution in [1.82, 2.24) is 19.2 Å². The van der Waals surface area contributed by atoms with E-state index in [2.05, 4.69) is 9.97 Å². The average Bonchev–Trinajstić information content (AvgIpc) is 2.74. The Hall–Kier alpha value is -2.52. The second-order valence-electron chi connectivity index (χ2n) is 8.56. The molecule has 1 aromatic carbocycles. The number of rotatable bonds is 4. The highest BCUT2D eigenvalue weighted by Gasteiger charge is 2.30. The predicted molar refractivity (Wildman–Crippen MR) is 117 cm³/mol. The average molecular weight is 445 g/mol. The smallest absolute Gasteiger partial charge is 0.255 e. The Morgan fingerprint density at radius 2 is 1.97 bits per heavy atom. The summed E-state index contributed by atoms with van der Waals surface area (Å²) in [5, 5.41) is 0. The summed E-state index contributed by atoms with van der Waals surface area (Å²) < 4.78 is 25.0. The lowest BCUT2D eigenvalue weighted by molar-refractivity contribution is -0.131. The van der Waals surface area contributed by atoms with E-state index in [4.69, 9.17) is 0 Å². The molecule has 31 heavy (non-hydrogen) atoms. The molecular weight excluding hydrogens is 416 g/mol. The number of hydrogen-bond acceptors (Lipinski definition) is 5. The SMILES string of the molecule is Cc1ccc(CC(=O)N2CCC[C@H](c3nc4c(c(=O)[nH]3)CN(S(C)(=O)=O)CC4)C2)cc1. The Morgan fingerprint density at radius 1 is 1.23 bits per heavy atom. The van der Waals surface area contributed by atoms with Crippen molar-refractivity contribution in [2.24, 2.45) is 0 Å². The van der Waals surface area contributed by atoms with Gasteiger partial charge in [-0.25, -0.2) is 13.4 Å². The molecule has 0 aliphatic carbocycles. The van der Waals surface area contributed by atoms with Gasteiger partial charge in [0.25, 0.3) is 5.56 Å². The van der Waals surface area contributed by atoms with Gasteiger partial charge in [0.15, 0.2) is 0 Å². The number of likely N-dealkylation sites (tertiary alicyclic amines) is 1. The molecule has 1 aromatic heterocycles. The minimum absolute atomic E-state index is 0.0262. The summed E-state index contributed by atoms with van der Waals surface area (Å²) in [5.74, 6) is 0.656. The molecule has 4 rings (SSSR count). The monoisotopic (exact) mass is 444 g/mol. The minimum Gasteiger partial charge on any atom is -0.342 e. The lowest BCUT2D eigenvalue weighted by Gasteiger charge is -2.33. The lowest BCUT2D eigenvalue weighted by Crippen LogP contribution is -2.42. The van der Waals surface area contributed by atoms with Gasteiger partial charge in [0.05, 0.1) is 23.9 Å². The molecule has 3 heterocycles. The normalized spacial score (nSPS) is 19.8. The van der Waals surface area contributed by atoms with E-state index in [0.717, 1.165) is 30.2 Å². The Labute approximate surface area is 182 Å². The van der Waals surface area contributed by atoms with Crippen LogP contribution in [0.1, 0.15) is 47.0 Å². The van der Waals surface area contributed by atoms with Crippen LogP contribution in [-0.2, 0) is 34.2 Å².